The second-order valence-electron chi connectivity index (χ2n) is 8.27. The van der Waals surface area contributed by atoms with Crippen LogP contribution in [0.2, 0.25) is 0 Å². The van der Waals surface area contributed by atoms with Gasteiger partial charge in [-0.1, -0.05) is 53.2 Å². The number of hydrogen-bond acceptors (Lipinski definition) is 4. The highest BCUT2D eigenvalue weighted by atomic mass is 79.9. The number of para-hydroxylation sites is 1. The molecule has 34 heavy (non-hydrogen) atoms. The lowest BCUT2D eigenvalue weighted by molar-refractivity contribution is -0.139. The highest BCUT2D eigenvalue weighted by Gasteiger charge is 2.32. The van der Waals surface area contributed by atoms with Crippen LogP contribution in [0.15, 0.2) is 59.1 Å². The van der Waals surface area contributed by atoms with E-state index in [4.69, 9.17) is 0 Å². The smallest absolute Gasteiger partial charge is 0.304 e. The van der Waals surface area contributed by atoms with E-state index in [9.17, 15) is 18.0 Å². The molecule has 0 aliphatic rings. The van der Waals surface area contributed by atoms with E-state index in [-0.39, 0.29) is 18.5 Å². The van der Waals surface area contributed by atoms with Gasteiger partial charge in [-0.25, -0.2) is 4.31 Å². The van der Waals surface area contributed by atoms with Crippen molar-refractivity contribution in [2.24, 2.45) is 0 Å². The number of halogens is 1. The topological polar surface area (TPSA) is 90.0 Å². The van der Waals surface area contributed by atoms with Gasteiger partial charge >= 0.3 is 10.2 Å². The van der Waals surface area contributed by atoms with Crippen molar-refractivity contribution in [3.63, 3.8) is 0 Å². The van der Waals surface area contributed by atoms with Gasteiger partial charge in [-0.2, -0.15) is 12.7 Å². The molecule has 0 bridgehead atoms. The quantitative estimate of drug-likeness (QED) is 0.462. The van der Waals surface area contributed by atoms with Crippen molar-refractivity contribution in [2.45, 2.75) is 45.8 Å². The predicted octanol–water partition coefficient (Wildman–Crippen LogP) is 3.39. The molecule has 0 saturated carbocycles. The van der Waals surface area contributed by atoms with E-state index >= 15 is 0 Å². The Morgan fingerprint density at radius 2 is 1.59 bits per heavy atom. The Balaban J connectivity index is 2.41. The van der Waals surface area contributed by atoms with Gasteiger partial charge in [0.05, 0.1) is 5.69 Å². The van der Waals surface area contributed by atoms with Gasteiger partial charge in [-0.15, -0.1) is 0 Å². The van der Waals surface area contributed by atoms with Gasteiger partial charge in [0.1, 0.15) is 12.6 Å². The third-order valence-electron chi connectivity index (χ3n) is 5.50. The summed E-state index contributed by atoms with van der Waals surface area (Å²) >= 11 is 3.40. The number of benzene rings is 2. The fourth-order valence-corrected chi connectivity index (χ4v) is 4.47. The molecule has 0 saturated heterocycles. The Morgan fingerprint density at radius 1 is 1.00 bits per heavy atom. The van der Waals surface area contributed by atoms with Crippen molar-refractivity contribution in [1.82, 2.24) is 14.5 Å². The molecular formula is C24H33BrN4O4S. The molecule has 10 heteroatoms. The van der Waals surface area contributed by atoms with Gasteiger partial charge in [-0.3, -0.25) is 9.59 Å². The summed E-state index contributed by atoms with van der Waals surface area (Å²) in [5, 5.41) is 2.91. The summed E-state index contributed by atoms with van der Waals surface area (Å²) in [5.41, 5.74) is 1.19. The molecule has 0 aliphatic carbocycles. The van der Waals surface area contributed by atoms with Crippen LogP contribution >= 0.6 is 15.9 Å². The molecule has 0 heterocycles. The Kier molecular flexibility index (Phi) is 10.1. The molecule has 2 amide bonds. The van der Waals surface area contributed by atoms with Gasteiger partial charge in [0.2, 0.25) is 11.8 Å². The average Bonchev–Trinajstić information content (AvgIpc) is 2.81. The van der Waals surface area contributed by atoms with Gasteiger partial charge in [0, 0.05) is 31.2 Å². The highest BCUT2D eigenvalue weighted by Crippen LogP contribution is 2.21. The molecule has 186 valence electrons. The summed E-state index contributed by atoms with van der Waals surface area (Å²) in [5.74, 6) is -0.773. The van der Waals surface area contributed by atoms with E-state index in [2.05, 4.69) is 21.2 Å². The average molecular weight is 554 g/mol. The van der Waals surface area contributed by atoms with Crippen LogP contribution in [0.3, 0.4) is 0 Å². The molecule has 2 rings (SSSR count). The molecule has 0 aromatic heterocycles. The zero-order valence-electron chi connectivity index (χ0n) is 20.2. The summed E-state index contributed by atoms with van der Waals surface area (Å²) in [6.07, 6.45) is 0.752. The summed E-state index contributed by atoms with van der Waals surface area (Å²) < 4.78 is 29.2. The normalized spacial score (nSPS) is 13.3. The van der Waals surface area contributed by atoms with Crippen molar-refractivity contribution in [3.8, 4) is 0 Å². The van der Waals surface area contributed by atoms with Crippen LogP contribution < -0.4 is 9.62 Å². The number of nitrogens with zero attached hydrogens (tertiary/aromatic N) is 3. The van der Waals surface area contributed by atoms with E-state index in [1.165, 1.54) is 19.0 Å². The number of rotatable bonds is 11. The maximum Gasteiger partial charge on any atom is 0.304 e. The molecule has 0 radical (unpaired) electrons. The van der Waals surface area contributed by atoms with Gasteiger partial charge in [0.25, 0.3) is 0 Å². The Bertz CT molecular complexity index is 1060. The van der Waals surface area contributed by atoms with E-state index in [0.29, 0.717) is 5.69 Å². The zero-order valence-corrected chi connectivity index (χ0v) is 22.6. The number of hydrogen-bond donors (Lipinski definition) is 1. The van der Waals surface area contributed by atoms with Crippen molar-refractivity contribution in [3.05, 3.63) is 64.6 Å². The molecule has 1 N–H and O–H groups in total. The van der Waals surface area contributed by atoms with Gasteiger partial charge in [-0.05, 0) is 50.1 Å². The first kappa shape index (κ1) is 27.8. The number of anilines is 1. The third kappa shape index (κ3) is 7.28. The standard InChI is InChI=1S/C24H33BrN4O4S/c1-6-18(2)26-24(31)19(3)28(16-20-12-14-21(25)15-13-20)23(30)17-29(34(32,33)27(4)5)22-10-8-7-9-11-22/h7-15,18-19H,6,16-17H2,1-5H3,(H,26,31)/t18-,19-/m1/s1. The summed E-state index contributed by atoms with van der Waals surface area (Å²) in [6.45, 7) is 5.23. The van der Waals surface area contributed by atoms with Crippen LogP contribution in [0.25, 0.3) is 0 Å². The Morgan fingerprint density at radius 3 is 2.12 bits per heavy atom. The van der Waals surface area contributed by atoms with Crippen LogP contribution in [0.4, 0.5) is 5.69 Å². The number of nitrogens with one attached hydrogen (secondary N) is 1. The SMILES string of the molecule is CC[C@@H](C)NC(=O)[C@@H](C)N(Cc1ccc(Br)cc1)C(=O)CN(c1ccccc1)S(=O)(=O)N(C)C. The largest absolute Gasteiger partial charge is 0.352 e. The minimum absolute atomic E-state index is 0.0467. The molecule has 0 spiro atoms. The van der Waals surface area contributed by atoms with Crippen LogP contribution in [0, 0.1) is 0 Å². The van der Waals surface area contributed by atoms with Crippen molar-refractivity contribution >= 4 is 43.6 Å². The van der Waals surface area contributed by atoms with Crippen molar-refractivity contribution < 1.29 is 18.0 Å². The van der Waals surface area contributed by atoms with E-state index in [0.717, 1.165) is 25.1 Å². The number of amides is 2. The predicted molar refractivity (Wildman–Crippen MR) is 138 cm³/mol. The van der Waals surface area contributed by atoms with Crippen molar-refractivity contribution in [1.29, 1.82) is 0 Å². The maximum atomic E-state index is 13.6. The molecular weight excluding hydrogens is 520 g/mol. The van der Waals surface area contributed by atoms with E-state index in [1.54, 1.807) is 37.3 Å². The fourth-order valence-electron chi connectivity index (χ4n) is 3.15. The second-order valence-corrected chi connectivity index (χ2v) is 11.3. The van der Waals surface area contributed by atoms with E-state index in [1.807, 2.05) is 38.1 Å². The molecule has 2 aromatic carbocycles. The van der Waals surface area contributed by atoms with Crippen LogP contribution in [0.1, 0.15) is 32.8 Å². The number of carbonyl (C=O) groups excluding carboxylic acids is 2. The van der Waals surface area contributed by atoms with Crippen LogP contribution in [0.5, 0.6) is 0 Å². The first-order valence-corrected chi connectivity index (χ1v) is 13.3. The molecule has 2 atom stereocenters. The Labute approximate surface area is 211 Å². The third-order valence-corrected chi connectivity index (χ3v) is 7.85. The second kappa shape index (κ2) is 12.3. The van der Waals surface area contributed by atoms with Gasteiger partial charge < -0.3 is 10.2 Å². The minimum Gasteiger partial charge on any atom is -0.352 e. The summed E-state index contributed by atoms with van der Waals surface area (Å²) in [7, 11) is -1.13. The van der Waals surface area contributed by atoms with Crippen molar-refractivity contribution in [2.75, 3.05) is 24.9 Å². The van der Waals surface area contributed by atoms with Crippen LogP contribution in [-0.2, 0) is 26.3 Å². The fraction of sp³-hybridized carbons (Fsp3) is 0.417. The number of carbonyl (C=O) groups is 2. The molecule has 0 fully saturated rings. The first-order valence-electron chi connectivity index (χ1n) is 11.1. The molecule has 0 aliphatic heterocycles. The first-order chi connectivity index (χ1) is 16.0. The maximum absolute atomic E-state index is 13.6. The lowest BCUT2D eigenvalue weighted by Gasteiger charge is -2.33. The van der Waals surface area contributed by atoms with E-state index < -0.39 is 28.7 Å². The highest BCUT2D eigenvalue weighted by molar-refractivity contribution is 9.10. The molecule has 0 unspecified atom stereocenters. The van der Waals surface area contributed by atoms with Crippen LogP contribution in [-0.4, -0.2) is 62.2 Å². The summed E-state index contributed by atoms with van der Waals surface area (Å²) in [4.78, 5) is 27.9. The monoisotopic (exact) mass is 552 g/mol. The van der Waals surface area contributed by atoms with Gasteiger partial charge in [0.15, 0.2) is 0 Å². The molecule has 2 aromatic rings. The minimum atomic E-state index is -3.96. The zero-order chi connectivity index (χ0) is 25.5. The lowest BCUT2D eigenvalue weighted by atomic mass is 10.1. The summed E-state index contributed by atoms with van der Waals surface area (Å²) in [6, 6.07) is 15.0. The molecule has 8 nitrogen and oxygen atoms in total. The Hall–Kier alpha value is -2.43. The lowest BCUT2D eigenvalue weighted by Crippen LogP contribution is -2.53.